The van der Waals surface area contributed by atoms with Gasteiger partial charge in [-0.2, -0.15) is 5.10 Å². The normalized spacial score (nSPS) is 11.6. The summed E-state index contributed by atoms with van der Waals surface area (Å²) in [6.45, 7) is 0. The molecule has 1 atom stereocenters. The first-order valence-corrected chi connectivity index (χ1v) is 11.3. The topological polar surface area (TPSA) is 102 Å². The number of hydrogen-bond donors (Lipinski definition) is 2. The summed E-state index contributed by atoms with van der Waals surface area (Å²) in [7, 11) is 0. The van der Waals surface area contributed by atoms with Gasteiger partial charge in [0, 0.05) is 17.1 Å². The van der Waals surface area contributed by atoms with Crippen molar-refractivity contribution in [3.63, 3.8) is 0 Å². The minimum absolute atomic E-state index is 0. The highest BCUT2D eigenvalue weighted by Gasteiger charge is 2.27. The van der Waals surface area contributed by atoms with E-state index in [9.17, 15) is 13.6 Å². The van der Waals surface area contributed by atoms with Crippen LogP contribution < -0.4 is 10.3 Å². The molecule has 0 bridgehead atoms. The molecule has 0 radical (unpaired) electrons. The van der Waals surface area contributed by atoms with Gasteiger partial charge in [0.1, 0.15) is 11.7 Å². The van der Waals surface area contributed by atoms with E-state index in [1.54, 1.807) is 18.3 Å². The second-order valence-electron chi connectivity index (χ2n) is 8.15. The number of benzene rings is 3. The lowest BCUT2D eigenvalue weighted by atomic mass is 9.94. The monoisotopic (exact) mass is 506 g/mol. The van der Waals surface area contributed by atoms with Gasteiger partial charge in [0.05, 0.1) is 27.9 Å². The third-order valence-corrected chi connectivity index (χ3v) is 6.15. The molecule has 2 aromatic heterocycles. The SMILES string of the molecule is O=C(Nc1ccc2cn[nH]c2c1)C(Cc1ccccc1)c1ccc(-c2c(F)ccc(Cl)c2F)c[nH+]1.[OH-]. The van der Waals surface area contributed by atoms with Gasteiger partial charge in [-0.25, -0.2) is 13.8 Å². The maximum Gasteiger partial charge on any atom is 0.238 e. The van der Waals surface area contributed by atoms with E-state index < -0.39 is 17.6 Å². The van der Waals surface area contributed by atoms with E-state index in [4.69, 9.17) is 11.6 Å². The van der Waals surface area contributed by atoms with Crippen molar-refractivity contribution < 1.29 is 24.0 Å². The summed E-state index contributed by atoms with van der Waals surface area (Å²) in [4.78, 5) is 16.5. The van der Waals surface area contributed by atoms with E-state index in [-0.39, 0.29) is 27.5 Å². The predicted octanol–water partition coefficient (Wildman–Crippen LogP) is 5.76. The number of nitrogens with one attached hydrogen (secondary N) is 3. The zero-order chi connectivity index (χ0) is 24.4. The molecule has 2 heterocycles. The van der Waals surface area contributed by atoms with Gasteiger partial charge >= 0.3 is 0 Å². The minimum Gasteiger partial charge on any atom is -0.870 e. The van der Waals surface area contributed by atoms with Crippen molar-refractivity contribution in [3.05, 3.63) is 113 Å². The molecule has 36 heavy (non-hydrogen) atoms. The van der Waals surface area contributed by atoms with Gasteiger partial charge < -0.3 is 10.8 Å². The van der Waals surface area contributed by atoms with E-state index in [1.165, 1.54) is 12.3 Å². The first-order valence-electron chi connectivity index (χ1n) is 10.9. The van der Waals surface area contributed by atoms with E-state index >= 15 is 0 Å². The number of rotatable bonds is 6. The number of aromatic amines is 2. The highest BCUT2D eigenvalue weighted by Crippen LogP contribution is 2.30. The quantitative estimate of drug-likeness (QED) is 0.286. The zero-order valence-corrected chi connectivity index (χ0v) is 19.6. The summed E-state index contributed by atoms with van der Waals surface area (Å²) < 4.78 is 28.8. The number of H-pyrrole nitrogens is 2. The van der Waals surface area contributed by atoms with Crippen LogP contribution in [0.4, 0.5) is 14.5 Å². The predicted molar refractivity (Wildman–Crippen MR) is 133 cm³/mol. The largest absolute Gasteiger partial charge is 0.870 e. The Hall–Kier alpha value is -4.14. The van der Waals surface area contributed by atoms with Crippen LogP contribution in [0.1, 0.15) is 17.2 Å². The fraction of sp³-hybridized carbons (Fsp3) is 0.0741. The Morgan fingerprint density at radius 1 is 1.06 bits per heavy atom. The van der Waals surface area contributed by atoms with Crippen LogP contribution in [-0.4, -0.2) is 21.6 Å². The van der Waals surface area contributed by atoms with Crippen LogP contribution in [0.25, 0.3) is 22.0 Å². The van der Waals surface area contributed by atoms with Crippen LogP contribution in [0.15, 0.2) is 85.2 Å². The van der Waals surface area contributed by atoms with Crippen molar-refractivity contribution in [1.29, 1.82) is 0 Å². The summed E-state index contributed by atoms with van der Waals surface area (Å²) >= 11 is 5.84. The summed E-state index contributed by atoms with van der Waals surface area (Å²) in [5.41, 5.74) is 3.07. The standard InChI is InChI=1S/C27H19ClF2N4O.H2O/c28-21-9-10-22(29)25(26(21)30)18-7-11-23(31-14-18)20(12-16-4-2-1-3-5-16)27(35)33-19-8-6-17-15-32-34-24(17)13-19;/h1-11,13-15,20H,12H2,(H,32,34)(H,33,35);1H2. The van der Waals surface area contributed by atoms with Gasteiger partial charge in [-0.3, -0.25) is 9.89 Å². The molecule has 3 aromatic carbocycles. The number of aromatic nitrogens is 3. The molecule has 0 saturated carbocycles. The molecule has 0 saturated heterocycles. The number of fused-ring (bicyclic) bond motifs is 1. The third kappa shape index (κ3) is 5.10. The Morgan fingerprint density at radius 2 is 1.86 bits per heavy atom. The zero-order valence-electron chi connectivity index (χ0n) is 18.8. The van der Waals surface area contributed by atoms with Crippen LogP contribution in [0.2, 0.25) is 5.02 Å². The van der Waals surface area contributed by atoms with Gasteiger partial charge in [-0.05, 0) is 48.4 Å². The van der Waals surface area contributed by atoms with Crippen molar-refractivity contribution in [1.82, 2.24) is 10.2 Å². The maximum absolute atomic E-state index is 14.5. The molecule has 9 heteroatoms. The molecular formula is C27H21ClF2N4O2. The molecule has 1 unspecified atom stereocenters. The van der Waals surface area contributed by atoms with Gasteiger partial charge in [-0.15, -0.1) is 0 Å². The number of hydrogen-bond acceptors (Lipinski definition) is 3. The third-order valence-electron chi connectivity index (χ3n) is 5.85. The van der Waals surface area contributed by atoms with Crippen LogP contribution in [0.3, 0.4) is 0 Å². The summed E-state index contributed by atoms with van der Waals surface area (Å²) in [6, 6.07) is 20.7. The summed E-state index contributed by atoms with van der Waals surface area (Å²) in [6.07, 6.45) is 3.62. The average molecular weight is 507 g/mol. The Kier molecular flexibility index (Phi) is 7.38. The van der Waals surface area contributed by atoms with Crippen LogP contribution in [-0.2, 0) is 11.2 Å². The Balaban J connectivity index is 0.00000304. The fourth-order valence-corrected chi connectivity index (χ4v) is 4.20. The Bertz CT molecular complexity index is 1510. The van der Waals surface area contributed by atoms with Gasteiger partial charge in [0.25, 0.3) is 0 Å². The second kappa shape index (κ2) is 10.6. The minimum atomic E-state index is -0.833. The van der Waals surface area contributed by atoms with Crippen molar-refractivity contribution >= 4 is 34.1 Å². The Morgan fingerprint density at radius 3 is 2.61 bits per heavy atom. The molecule has 5 rings (SSSR count). The molecule has 0 spiro atoms. The van der Waals surface area contributed by atoms with Crippen molar-refractivity contribution in [3.8, 4) is 11.1 Å². The molecule has 4 N–H and O–H groups in total. The molecule has 6 nitrogen and oxygen atoms in total. The van der Waals surface area contributed by atoms with Crippen molar-refractivity contribution in [2.75, 3.05) is 5.32 Å². The maximum atomic E-state index is 14.5. The number of nitrogens with zero attached hydrogens (tertiary/aromatic N) is 1. The molecule has 1 amide bonds. The number of pyridine rings is 1. The molecule has 5 aromatic rings. The van der Waals surface area contributed by atoms with Crippen LogP contribution in [0, 0.1) is 11.6 Å². The molecule has 0 aliphatic heterocycles. The highest BCUT2D eigenvalue weighted by molar-refractivity contribution is 6.31. The van der Waals surface area contributed by atoms with E-state index in [0.717, 1.165) is 22.5 Å². The second-order valence-corrected chi connectivity index (χ2v) is 8.56. The van der Waals surface area contributed by atoms with Gasteiger partial charge in [-0.1, -0.05) is 41.9 Å². The number of amides is 1. The van der Waals surface area contributed by atoms with Gasteiger partial charge in [0.2, 0.25) is 5.91 Å². The van der Waals surface area contributed by atoms with E-state index in [0.29, 0.717) is 17.8 Å². The number of anilines is 1. The Labute approximate surface area is 210 Å². The average Bonchev–Trinajstić information content (AvgIpc) is 3.34. The lowest BCUT2D eigenvalue weighted by Crippen LogP contribution is -2.28. The van der Waals surface area contributed by atoms with E-state index in [2.05, 4.69) is 20.5 Å². The summed E-state index contributed by atoms with van der Waals surface area (Å²) in [5.74, 6) is -2.36. The van der Waals surface area contributed by atoms with Crippen molar-refractivity contribution in [2.45, 2.75) is 12.3 Å². The lowest BCUT2D eigenvalue weighted by molar-refractivity contribution is -0.391. The first-order chi connectivity index (χ1) is 17.0. The smallest absolute Gasteiger partial charge is 0.238 e. The molecule has 0 fully saturated rings. The molecule has 0 aliphatic carbocycles. The number of halogens is 3. The molecule has 182 valence electrons. The highest BCUT2D eigenvalue weighted by atomic mass is 35.5. The number of carbonyl (C=O) groups is 1. The van der Waals surface area contributed by atoms with Crippen LogP contribution in [0.5, 0.6) is 0 Å². The van der Waals surface area contributed by atoms with Gasteiger partial charge in [0.15, 0.2) is 17.7 Å². The summed E-state index contributed by atoms with van der Waals surface area (Å²) in [5, 5.41) is 10.6. The van der Waals surface area contributed by atoms with Crippen LogP contribution >= 0.6 is 11.6 Å². The van der Waals surface area contributed by atoms with Crippen molar-refractivity contribution in [2.24, 2.45) is 0 Å². The number of carbonyl (C=O) groups excluding carboxylic acids is 1. The molecule has 0 aliphatic rings. The fourth-order valence-electron chi connectivity index (χ4n) is 4.04. The lowest BCUT2D eigenvalue weighted by Gasteiger charge is -2.14. The molecular weight excluding hydrogens is 486 g/mol. The van der Waals surface area contributed by atoms with E-state index in [1.807, 2.05) is 48.5 Å². The first kappa shape index (κ1) is 25.0.